The Morgan fingerprint density at radius 2 is 2.06 bits per heavy atom. The van der Waals surface area contributed by atoms with E-state index in [1.807, 2.05) is 49.3 Å². The molecule has 0 bridgehead atoms. The number of esters is 1. The Morgan fingerprint density at radius 1 is 1.38 bits per heavy atom. The Hall–Kier alpha value is -4.04. The molecule has 0 atom stereocenters. The molecule has 32 heavy (non-hydrogen) atoms. The molecule has 0 fully saturated rings. The average molecular weight is 451 g/mol. The van der Waals surface area contributed by atoms with E-state index in [9.17, 15) is 4.79 Å². The topological polar surface area (TPSA) is 145 Å². The highest BCUT2D eigenvalue weighted by Crippen LogP contribution is 2.37. The minimum Gasteiger partial charge on any atom is -0.462 e. The Bertz CT molecular complexity index is 1260. The molecule has 0 saturated carbocycles. The normalized spacial score (nSPS) is 11.2. The summed E-state index contributed by atoms with van der Waals surface area (Å²) in [7, 11) is 3.89. The van der Waals surface area contributed by atoms with Gasteiger partial charge in [-0.15, -0.1) is 0 Å². The molecule has 0 spiro atoms. The molecule has 1 aromatic carbocycles. The van der Waals surface area contributed by atoms with Gasteiger partial charge in [0.15, 0.2) is 17.2 Å². The second-order valence-electron chi connectivity index (χ2n) is 6.95. The van der Waals surface area contributed by atoms with E-state index < -0.39 is 5.97 Å². The van der Waals surface area contributed by atoms with Crippen molar-refractivity contribution in [3.05, 3.63) is 35.5 Å². The minimum atomic E-state index is -0.498. The van der Waals surface area contributed by atoms with Gasteiger partial charge in [-0.2, -0.15) is 15.5 Å². The largest absolute Gasteiger partial charge is 0.462 e. The number of rotatable bonds is 7. The number of pyridine rings is 1. The average Bonchev–Trinajstić information content (AvgIpc) is 3.15. The van der Waals surface area contributed by atoms with Crippen molar-refractivity contribution in [3.8, 4) is 17.2 Å². The molecule has 0 saturated heterocycles. The van der Waals surface area contributed by atoms with E-state index in [2.05, 4.69) is 25.7 Å². The molecule has 0 unspecified atom stereocenters. The van der Waals surface area contributed by atoms with Crippen LogP contribution in [0.3, 0.4) is 0 Å². The van der Waals surface area contributed by atoms with Crippen molar-refractivity contribution < 1.29 is 9.53 Å². The monoisotopic (exact) mass is 450 g/mol. The van der Waals surface area contributed by atoms with Crippen LogP contribution in [0.1, 0.15) is 23.0 Å². The molecule has 0 aliphatic rings. The first kappa shape index (κ1) is 22.6. The number of benzene rings is 1. The van der Waals surface area contributed by atoms with E-state index in [0.717, 1.165) is 11.3 Å². The van der Waals surface area contributed by atoms with Gasteiger partial charge in [-0.05, 0) is 31.5 Å². The summed E-state index contributed by atoms with van der Waals surface area (Å²) in [5.74, 6) is -0.170. The molecule has 164 valence electrons. The first-order valence-electron chi connectivity index (χ1n) is 9.65. The molecule has 0 radical (unpaired) electrons. The van der Waals surface area contributed by atoms with Gasteiger partial charge in [-0.25, -0.2) is 9.78 Å². The van der Waals surface area contributed by atoms with E-state index in [1.165, 1.54) is 0 Å². The number of hydrogen-bond donors (Lipinski definition) is 3. The zero-order chi connectivity index (χ0) is 23.4. The van der Waals surface area contributed by atoms with Crippen molar-refractivity contribution in [2.45, 2.75) is 13.8 Å². The maximum Gasteiger partial charge on any atom is 0.340 e. The van der Waals surface area contributed by atoms with Crippen molar-refractivity contribution in [1.82, 2.24) is 15.2 Å². The van der Waals surface area contributed by atoms with Gasteiger partial charge >= 0.3 is 5.97 Å². The van der Waals surface area contributed by atoms with Gasteiger partial charge in [-0.3, -0.25) is 10.5 Å². The highest BCUT2D eigenvalue weighted by molar-refractivity contribution is 7.82. The standard InChI is InChI=1S/C21H22N8O2S/c1-5-31-21(30)15-11(2)24-19-17(16(15)12-6-8-13(9-7-12)29(3)4)20(28-26-19)27-25-14(10-22)18(23)32/h6-9H,5H2,1-4H3,(H2,23,32)(H2,24,26,27,28)/b25-14+. The maximum atomic E-state index is 12.9. The lowest BCUT2D eigenvalue weighted by atomic mass is 9.95. The highest BCUT2D eigenvalue weighted by atomic mass is 32.1. The number of nitriles is 1. The second-order valence-corrected chi connectivity index (χ2v) is 7.39. The number of fused-ring (bicyclic) bond motifs is 1. The van der Waals surface area contributed by atoms with E-state index >= 15 is 0 Å². The lowest BCUT2D eigenvalue weighted by Crippen LogP contribution is -2.20. The lowest BCUT2D eigenvalue weighted by Gasteiger charge is -2.16. The molecule has 3 rings (SSSR count). The number of thiocarbonyl (C=S) groups is 1. The summed E-state index contributed by atoms with van der Waals surface area (Å²) >= 11 is 4.82. The van der Waals surface area contributed by atoms with Crippen molar-refractivity contribution in [1.29, 1.82) is 5.26 Å². The van der Waals surface area contributed by atoms with Crippen LogP contribution in [0.15, 0.2) is 29.4 Å². The predicted molar refractivity (Wildman–Crippen MR) is 128 cm³/mol. The van der Waals surface area contributed by atoms with Crippen LogP contribution in [0, 0.1) is 18.3 Å². The van der Waals surface area contributed by atoms with Crippen LogP contribution in [-0.4, -0.2) is 52.6 Å². The Morgan fingerprint density at radius 3 is 2.62 bits per heavy atom. The number of ether oxygens (including phenoxy) is 1. The fraction of sp³-hybridized carbons (Fsp3) is 0.238. The molecule has 2 heterocycles. The molecule has 4 N–H and O–H groups in total. The van der Waals surface area contributed by atoms with E-state index in [1.54, 1.807) is 13.8 Å². The number of hydrazone groups is 1. The summed E-state index contributed by atoms with van der Waals surface area (Å²) in [6.45, 7) is 3.68. The Balaban J connectivity index is 2.29. The van der Waals surface area contributed by atoms with Gasteiger partial charge in [0.1, 0.15) is 11.1 Å². The van der Waals surface area contributed by atoms with Crippen LogP contribution in [0.4, 0.5) is 11.5 Å². The Labute approximate surface area is 190 Å². The number of anilines is 2. The summed E-state index contributed by atoms with van der Waals surface area (Å²) < 4.78 is 5.30. The minimum absolute atomic E-state index is 0.148. The summed E-state index contributed by atoms with van der Waals surface area (Å²) in [6, 6.07) is 9.52. The van der Waals surface area contributed by atoms with Gasteiger partial charge in [0.25, 0.3) is 0 Å². The predicted octanol–water partition coefficient (Wildman–Crippen LogP) is 2.75. The van der Waals surface area contributed by atoms with Gasteiger partial charge < -0.3 is 15.4 Å². The highest BCUT2D eigenvalue weighted by Gasteiger charge is 2.25. The second kappa shape index (κ2) is 9.40. The number of H-pyrrole nitrogens is 1. The van der Waals surface area contributed by atoms with Gasteiger partial charge in [0.2, 0.25) is 0 Å². The van der Waals surface area contributed by atoms with Crippen LogP contribution in [0.25, 0.3) is 22.2 Å². The summed E-state index contributed by atoms with van der Waals surface area (Å²) in [5, 5.41) is 20.7. The number of aromatic nitrogens is 3. The molecular formula is C21H22N8O2S. The number of carbonyl (C=O) groups is 1. The van der Waals surface area contributed by atoms with Gasteiger partial charge in [-0.1, -0.05) is 24.4 Å². The lowest BCUT2D eigenvalue weighted by molar-refractivity contribution is 0.0526. The molecule has 2 aromatic heterocycles. The van der Waals surface area contributed by atoms with Gasteiger partial charge in [0.05, 0.1) is 23.3 Å². The zero-order valence-corrected chi connectivity index (χ0v) is 18.9. The number of aromatic amines is 1. The van der Waals surface area contributed by atoms with E-state index in [0.29, 0.717) is 33.7 Å². The van der Waals surface area contributed by atoms with Crippen molar-refractivity contribution >= 4 is 51.4 Å². The quantitative estimate of drug-likeness (QED) is 0.214. The third-order valence-corrected chi connectivity index (χ3v) is 4.85. The summed E-state index contributed by atoms with van der Waals surface area (Å²) in [4.78, 5) is 19.2. The molecule has 3 aromatic rings. The first-order valence-corrected chi connectivity index (χ1v) is 10.1. The third kappa shape index (κ3) is 4.35. The number of aryl methyl sites for hydroxylation is 1. The van der Waals surface area contributed by atoms with Crippen LogP contribution in [0.5, 0.6) is 0 Å². The van der Waals surface area contributed by atoms with Crippen LogP contribution >= 0.6 is 12.2 Å². The number of nitrogens with one attached hydrogen (secondary N) is 2. The SMILES string of the molecule is CCOC(=O)c1c(C)nc2n[nH]c(N/N=C(\C#N)C(N)=S)c2c1-c1ccc(N(C)C)cc1. The number of nitrogens with zero attached hydrogens (tertiary/aromatic N) is 5. The van der Waals surface area contributed by atoms with Crippen molar-refractivity contribution in [2.24, 2.45) is 10.8 Å². The fourth-order valence-electron chi connectivity index (χ4n) is 3.17. The number of carbonyl (C=O) groups excluding carboxylic acids is 1. The maximum absolute atomic E-state index is 12.9. The van der Waals surface area contributed by atoms with Crippen LogP contribution < -0.4 is 16.1 Å². The van der Waals surface area contributed by atoms with Crippen LogP contribution in [0.2, 0.25) is 0 Å². The molecule has 10 nitrogen and oxygen atoms in total. The zero-order valence-electron chi connectivity index (χ0n) is 18.1. The first-order chi connectivity index (χ1) is 15.3. The van der Waals surface area contributed by atoms with E-state index in [4.69, 9.17) is 28.0 Å². The third-order valence-electron chi connectivity index (χ3n) is 4.65. The van der Waals surface area contributed by atoms with Gasteiger partial charge in [0, 0.05) is 25.3 Å². The number of hydrogen-bond acceptors (Lipinski definition) is 9. The fourth-order valence-corrected chi connectivity index (χ4v) is 3.26. The molecule has 0 aliphatic carbocycles. The number of nitrogens with two attached hydrogens (primary N) is 1. The molecule has 11 heteroatoms. The van der Waals surface area contributed by atoms with E-state index in [-0.39, 0.29) is 17.3 Å². The summed E-state index contributed by atoms with van der Waals surface area (Å²) in [5.41, 5.74) is 11.6. The smallest absolute Gasteiger partial charge is 0.340 e. The Kier molecular flexibility index (Phi) is 6.65. The van der Waals surface area contributed by atoms with Crippen molar-refractivity contribution in [3.63, 3.8) is 0 Å². The molecule has 0 aliphatic heterocycles. The molecular weight excluding hydrogens is 428 g/mol. The van der Waals surface area contributed by atoms with Crippen molar-refractivity contribution in [2.75, 3.05) is 31.0 Å². The summed E-state index contributed by atoms with van der Waals surface area (Å²) in [6.07, 6.45) is 0. The van der Waals surface area contributed by atoms with Crippen LogP contribution in [-0.2, 0) is 4.74 Å². The molecule has 0 amide bonds.